The molecule has 0 unspecified atom stereocenters. The zero-order chi connectivity index (χ0) is 17.4. The van der Waals surface area contributed by atoms with Crippen molar-refractivity contribution < 1.29 is 4.79 Å². The molecule has 25 heavy (non-hydrogen) atoms. The topological polar surface area (TPSA) is 79.5 Å². The van der Waals surface area contributed by atoms with Gasteiger partial charge in [-0.1, -0.05) is 43.5 Å². The molecule has 0 bridgehead atoms. The number of halogens is 1. The smallest absolute Gasteiger partial charge is 0.227 e. The van der Waals surface area contributed by atoms with Crippen molar-refractivity contribution in [2.75, 3.05) is 11.9 Å². The Morgan fingerprint density at radius 1 is 1.32 bits per heavy atom. The molecule has 6 heteroatoms. The summed E-state index contributed by atoms with van der Waals surface area (Å²) in [7, 11) is 0. The fourth-order valence-electron chi connectivity index (χ4n) is 2.83. The average molecular weight is 456 g/mol. The van der Waals surface area contributed by atoms with Crippen LogP contribution in [0, 0.1) is 5.92 Å². The first kappa shape index (κ1) is 21.5. The molecule has 1 aliphatic rings. The minimum Gasteiger partial charge on any atom is -0.370 e. The molecule has 2 rings (SSSR count). The third kappa shape index (κ3) is 7.90. The molecule has 4 N–H and O–H groups in total. The highest BCUT2D eigenvalue weighted by atomic mass is 127. The number of hydrogen-bond acceptors (Lipinski definition) is 2. The molecule has 1 fully saturated rings. The van der Waals surface area contributed by atoms with Gasteiger partial charge in [0.2, 0.25) is 5.91 Å². The first-order chi connectivity index (χ1) is 11.5. The Labute approximate surface area is 167 Å². The van der Waals surface area contributed by atoms with Crippen molar-refractivity contribution in [2.45, 2.75) is 45.6 Å². The Morgan fingerprint density at radius 3 is 2.72 bits per heavy atom. The Hall–Kier alpha value is -1.57. The van der Waals surface area contributed by atoms with E-state index in [4.69, 9.17) is 5.73 Å². The SMILES string of the molecule is C=C(C)CNC(N)=NCc1cccc(NC(=O)C2CCCCC2)c1.I. The fraction of sp³-hybridized carbons (Fsp3) is 0.474. The molecule has 0 saturated heterocycles. The lowest BCUT2D eigenvalue weighted by Gasteiger charge is -2.20. The van der Waals surface area contributed by atoms with Crippen molar-refractivity contribution in [3.05, 3.63) is 42.0 Å². The Morgan fingerprint density at radius 2 is 2.04 bits per heavy atom. The molecule has 5 nitrogen and oxygen atoms in total. The van der Waals surface area contributed by atoms with Gasteiger partial charge in [-0.2, -0.15) is 0 Å². The first-order valence-electron chi connectivity index (χ1n) is 8.62. The van der Waals surface area contributed by atoms with Gasteiger partial charge in [-0.05, 0) is 37.5 Å². The Bertz CT molecular complexity index is 609. The Balaban J connectivity index is 0.00000312. The zero-order valence-electron chi connectivity index (χ0n) is 14.9. The highest BCUT2D eigenvalue weighted by Gasteiger charge is 2.20. The molecule has 1 aromatic rings. The number of rotatable bonds is 6. The van der Waals surface area contributed by atoms with Gasteiger partial charge in [0, 0.05) is 18.2 Å². The van der Waals surface area contributed by atoms with E-state index in [9.17, 15) is 4.79 Å². The van der Waals surface area contributed by atoms with E-state index in [0.717, 1.165) is 42.5 Å². The predicted octanol–water partition coefficient (Wildman–Crippen LogP) is 3.80. The summed E-state index contributed by atoms with van der Waals surface area (Å²) in [6.07, 6.45) is 5.56. The van der Waals surface area contributed by atoms with Crippen molar-refractivity contribution in [3.8, 4) is 0 Å². The van der Waals surface area contributed by atoms with Gasteiger partial charge in [-0.15, -0.1) is 24.0 Å². The van der Waals surface area contributed by atoms with Crippen LogP contribution in [0.15, 0.2) is 41.4 Å². The minimum atomic E-state index is 0. The molecule has 0 aliphatic heterocycles. The third-order valence-corrected chi connectivity index (χ3v) is 4.17. The fourth-order valence-corrected chi connectivity index (χ4v) is 2.83. The summed E-state index contributed by atoms with van der Waals surface area (Å²) in [6, 6.07) is 7.78. The van der Waals surface area contributed by atoms with E-state index >= 15 is 0 Å². The van der Waals surface area contributed by atoms with Gasteiger partial charge >= 0.3 is 0 Å². The molecule has 0 atom stereocenters. The van der Waals surface area contributed by atoms with Crippen molar-refractivity contribution in [2.24, 2.45) is 16.6 Å². The maximum atomic E-state index is 12.3. The molecular weight excluding hydrogens is 427 g/mol. The number of nitrogens with zero attached hydrogens (tertiary/aromatic N) is 1. The lowest BCUT2D eigenvalue weighted by molar-refractivity contribution is -0.120. The summed E-state index contributed by atoms with van der Waals surface area (Å²) in [5, 5.41) is 6.03. The van der Waals surface area contributed by atoms with Gasteiger partial charge < -0.3 is 16.4 Å². The summed E-state index contributed by atoms with van der Waals surface area (Å²) in [5.74, 6) is 0.690. The lowest BCUT2D eigenvalue weighted by Crippen LogP contribution is -2.32. The maximum absolute atomic E-state index is 12.3. The molecule has 1 saturated carbocycles. The number of carbonyl (C=O) groups is 1. The van der Waals surface area contributed by atoms with Crippen molar-refractivity contribution in [3.63, 3.8) is 0 Å². The van der Waals surface area contributed by atoms with Crippen LogP contribution in [-0.2, 0) is 11.3 Å². The van der Waals surface area contributed by atoms with Crippen LogP contribution in [0.4, 0.5) is 5.69 Å². The van der Waals surface area contributed by atoms with Crippen LogP contribution >= 0.6 is 24.0 Å². The highest BCUT2D eigenvalue weighted by molar-refractivity contribution is 14.0. The second kappa shape index (κ2) is 11.1. The summed E-state index contributed by atoms with van der Waals surface area (Å²) in [6.45, 7) is 6.83. The number of aliphatic imine (C=N–C) groups is 1. The third-order valence-electron chi connectivity index (χ3n) is 4.17. The average Bonchev–Trinajstić information content (AvgIpc) is 2.59. The van der Waals surface area contributed by atoms with Gasteiger partial charge in [-0.3, -0.25) is 4.79 Å². The number of hydrogen-bond donors (Lipinski definition) is 3. The van der Waals surface area contributed by atoms with Crippen LogP contribution in [0.5, 0.6) is 0 Å². The molecule has 138 valence electrons. The first-order valence-corrected chi connectivity index (χ1v) is 8.62. The normalized spacial score (nSPS) is 15.2. The largest absolute Gasteiger partial charge is 0.370 e. The van der Waals surface area contributed by atoms with Crippen LogP contribution in [-0.4, -0.2) is 18.4 Å². The molecule has 1 aromatic carbocycles. The number of amides is 1. The van der Waals surface area contributed by atoms with Crippen molar-refractivity contribution >= 4 is 41.5 Å². The molecule has 0 heterocycles. The van der Waals surface area contributed by atoms with Crippen molar-refractivity contribution in [1.29, 1.82) is 0 Å². The second-order valence-electron chi connectivity index (χ2n) is 6.54. The number of benzene rings is 1. The van der Waals surface area contributed by atoms with Crippen LogP contribution in [0.3, 0.4) is 0 Å². The predicted molar refractivity (Wildman–Crippen MR) is 115 cm³/mol. The standard InChI is InChI=1S/C19H28N4O.HI/c1-14(2)12-21-19(20)22-13-15-7-6-10-17(11-15)23-18(24)16-8-4-3-5-9-16;/h6-7,10-11,16H,1,3-5,8-9,12-13H2,2H3,(H,23,24)(H3,20,21,22);1H. The van der Waals surface area contributed by atoms with E-state index in [1.165, 1.54) is 6.42 Å². The quantitative estimate of drug-likeness (QED) is 0.264. The van der Waals surface area contributed by atoms with Gasteiger partial charge in [0.05, 0.1) is 6.54 Å². The summed E-state index contributed by atoms with van der Waals surface area (Å²) < 4.78 is 0. The minimum absolute atomic E-state index is 0. The summed E-state index contributed by atoms with van der Waals surface area (Å²) in [5.41, 5.74) is 8.65. The van der Waals surface area contributed by atoms with Crippen LogP contribution < -0.4 is 16.4 Å². The second-order valence-corrected chi connectivity index (χ2v) is 6.54. The van der Waals surface area contributed by atoms with E-state index in [1.807, 2.05) is 31.2 Å². The molecular formula is C19H29IN4O. The molecule has 0 radical (unpaired) electrons. The maximum Gasteiger partial charge on any atom is 0.227 e. The van der Waals surface area contributed by atoms with Crippen LogP contribution in [0.2, 0.25) is 0 Å². The van der Waals surface area contributed by atoms with E-state index in [2.05, 4.69) is 22.2 Å². The molecule has 0 aromatic heterocycles. The lowest BCUT2D eigenvalue weighted by atomic mass is 9.88. The molecule has 1 amide bonds. The van der Waals surface area contributed by atoms with Gasteiger partial charge in [0.1, 0.15) is 0 Å². The monoisotopic (exact) mass is 456 g/mol. The van der Waals surface area contributed by atoms with E-state index in [1.54, 1.807) is 0 Å². The van der Waals surface area contributed by atoms with Gasteiger partial charge in [-0.25, -0.2) is 4.99 Å². The van der Waals surface area contributed by atoms with Gasteiger partial charge in [0.25, 0.3) is 0 Å². The summed E-state index contributed by atoms with van der Waals surface area (Å²) in [4.78, 5) is 16.6. The highest BCUT2D eigenvalue weighted by Crippen LogP contribution is 2.25. The zero-order valence-corrected chi connectivity index (χ0v) is 17.2. The number of anilines is 1. The Kier molecular flexibility index (Phi) is 9.55. The number of guanidine groups is 1. The number of carbonyl (C=O) groups excluding carboxylic acids is 1. The summed E-state index contributed by atoms with van der Waals surface area (Å²) >= 11 is 0. The van der Waals surface area contributed by atoms with Crippen LogP contribution in [0.25, 0.3) is 0 Å². The van der Waals surface area contributed by atoms with E-state index in [-0.39, 0.29) is 35.8 Å². The van der Waals surface area contributed by atoms with Crippen molar-refractivity contribution in [1.82, 2.24) is 5.32 Å². The van der Waals surface area contributed by atoms with Gasteiger partial charge in [0.15, 0.2) is 5.96 Å². The van der Waals surface area contributed by atoms with E-state index in [0.29, 0.717) is 19.0 Å². The van der Waals surface area contributed by atoms with E-state index < -0.39 is 0 Å². The molecule has 0 spiro atoms. The molecule has 1 aliphatic carbocycles. The number of nitrogens with one attached hydrogen (secondary N) is 2. The number of nitrogens with two attached hydrogens (primary N) is 1. The van der Waals surface area contributed by atoms with Crippen LogP contribution in [0.1, 0.15) is 44.6 Å².